The van der Waals surface area contributed by atoms with Crippen molar-refractivity contribution in [3.8, 4) is 0 Å². The average molecular weight is 279 g/mol. The van der Waals surface area contributed by atoms with Crippen molar-refractivity contribution in [1.82, 2.24) is 0 Å². The van der Waals surface area contributed by atoms with Crippen LogP contribution in [0.4, 0.5) is 0 Å². The molecule has 21 heavy (non-hydrogen) atoms. The molecule has 0 aliphatic heterocycles. The van der Waals surface area contributed by atoms with Gasteiger partial charge in [-0.1, -0.05) is 63.2 Å². The summed E-state index contributed by atoms with van der Waals surface area (Å²) >= 11 is 0. The summed E-state index contributed by atoms with van der Waals surface area (Å²) in [6, 6.07) is 18.2. The van der Waals surface area contributed by atoms with E-state index in [-0.39, 0.29) is 11.5 Å². The maximum Gasteiger partial charge on any atom is 0.134 e. The van der Waals surface area contributed by atoms with Gasteiger partial charge in [0.15, 0.2) is 0 Å². The minimum atomic E-state index is -0.243. The zero-order chi connectivity index (χ0) is 15.0. The van der Waals surface area contributed by atoms with E-state index in [0.29, 0.717) is 0 Å². The lowest BCUT2D eigenvalue weighted by Gasteiger charge is -2.25. The molecular weight excluding hydrogens is 258 g/mol. The molecule has 2 nitrogen and oxygen atoms in total. The smallest absolute Gasteiger partial charge is 0.134 e. The standard InChI is InChI=1S/C19H21NO/c1-19(2,3)15-10-6-5-9-14(15)18(20)17-12-13-8-4-7-11-16(13)21-17/h4-12,18H,20H2,1-3H3. The fourth-order valence-corrected chi connectivity index (χ4v) is 2.76. The van der Waals surface area contributed by atoms with Gasteiger partial charge in [-0.05, 0) is 28.7 Å². The molecule has 0 saturated carbocycles. The molecule has 0 saturated heterocycles. The Morgan fingerprint density at radius 3 is 2.33 bits per heavy atom. The van der Waals surface area contributed by atoms with Gasteiger partial charge >= 0.3 is 0 Å². The molecule has 0 aliphatic rings. The average Bonchev–Trinajstić information content (AvgIpc) is 2.89. The van der Waals surface area contributed by atoms with Crippen LogP contribution in [0.2, 0.25) is 0 Å². The van der Waals surface area contributed by atoms with E-state index in [1.165, 1.54) is 5.56 Å². The Kier molecular flexibility index (Phi) is 3.34. The molecule has 1 heterocycles. The van der Waals surface area contributed by atoms with E-state index in [1.54, 1.807) is 0 Å². The molecule has 108 valence electrons. The molecule has 0 aliphatic carbocycles. The van der Waals surface area contributed by atoms with Crippen LogP contribution in [0, 0.1) is 0 Å². The molecule has 3 aromatic rings. The zero-order valence-corrected chi connectivity index (χ0v) is 12.8. The Morgan fingerprint density at radius 1 is 0.952 bits per heavy atom. The van der Waals surface area contributed by atoms with Crippen LogP contribution in [0.3, 0.4) is 0 Å². The molecule has 1 atom stereocenters. The van der Waals surface area contributed by atoms with Crippen molar-refractivity contribution in [2.75, 3.05) is 0 Å². The molecule has 0 bridgehead atoms. The number of furan rings is 1. The van der Waals surface area contributed by atoms with Gasteiger partial charge in [0.05, 0.1) is 6.04 Å². The van der Waals surface area contributed by atoms with Gasteiger partial charge in [-0.3, -0.25) is 0 Å². The molecule has 2 aromatic carbocycles. The lowest BCUT2D eigenvalue weighted by Crippen LogP contribution is -2.20. The first-order chi connectivity index (χ1) is 9.97. The minimum Gasteiger partial charge on any atom is -0.459 e. The lowest BCUT2D eigenvalue weighted by atomic mass is 9.81. The molecule has 2 heteroatoms. The van der Waals surface area contributed by atoms with Crippen molar-refractivity contribution >= 4 is 11.0 Å². The normalized spacial score (nSPS) is 13.5. The van der Waals surface area contributed by atoms with E-state index in [9.17, 15) is 0 Å². The van der Waals surface area contributed by atoms with Crippen LogP contribution in [0.15, 0.2) is 59.0 Å². The molecule has 3 rings (SSSR count). The molecule has 0 radical (unpaired) electrons. The van der Waals surface area contributed by atoms with Gasteiger partial charge in [0, 0.05) is 5.39 Å². The van der Waals surface area contributed by atoms with Crippen molar-refractivity contribution < 1.29 is 4.42 Å². The summed E-state index contributed by atoms with van der Waals surface area (Å²) in [7, 11) is 0. The quantitative estimate of drug-likeness (QED) is 0.733. The molecule has 0 amide bonds. The molecule has 1 aromatic heterocycles. The molecule has 1 unspecified atom stereocenters. The van der Waals surface area contributed by atoms with Crippen LogP contribution in [0.5, 0.6) is 0 Å². The Hall–Kier alpha value is -2.06. The third kappa shape index (κ3) is 2.59. The Balaban J connectivity index is 2.08. The van der Waals surface area contributed by atoms with E-state index in [1.807, 2.05) is 36.4 Å². The Labute approximate surface area is 125 Å². The number of nitrogens with two attached hydrogens (primary N) is 1. The van der Waals surface area contributed by atoms with Crippen molar-refractivity contribution in [3.05, 3.63) is 71.5 Å². The second kappa shape index (κ2) is 5.05. The van der Waals surface area contributed by atoms with Crippen molar-refractivity contribution in [2.45, 2.75) is 32.2 Å². The van der Waals surface area contributed by atoms with Crippen molar-refractivity contribution in [2.24, 2.45) is 5.73 Å². The fraction of sp³-hybridized carbons (Fsp3) is 0.263. The minimum absolute atomic E-state index is 0.0558. The van der Waals surface area contributed by atoms with Gasteiger partial charge in [-0.15, -0.1) is 0 Å². The van der Waals surface area contributed by atoms with Crippen LogP contribution < -0.4 is 5.73 Å². The predicted molar refractivity (Wildman–Crippen MR) is 87.4 cm³/mol. The summed E-state index contributed by atoms with van der Waals surface area (Å²) in [5.41, 5.74) is 9.82. The Bertz CT molecular complexity index is 731. The first kappa shape index (κ1) is 13.9. The zero-order valence-electron chi connectivity index (χ0n) is 12.8. The van der Waals surface area contributed by atoms with E-state index in [2.05, 4.69) is 39.0 Å². The van der Waals surface area contributed by atoms with Crippen LogP contribution in [0.25, 0.3) is 11.0 Å². The highest BCUT2D eigenvalue weighted by molar-refractivity contribution is 5.78. The fourth-order valence-electron chi connectivity index (χ4n) is 2.76. The number of fused-ring (bicyclic) bond motifs is 1. The number of benzene rings is 2. The maximum atomic E-state index is 6.48. The van der Waals surface area contributed by atoms with Crippen LogP contribution in [0.1, 0.15) is 43.7 Å². The van der Waals surface area contributed by atoms with Gasteiger partial charge in [-0.25, -0.2) is 0 Å². The first-order valence-corrected chi connectivity index (χ1v) is 7.30. The van der Waals surface area contributed by atoms with E-state index in [0.717, 1.165) is 22.3 Å². The molecule has 2 N–H and O–H groups in total. The van der Waals surface area contributed by atoms with Gasteiger partial charge in [-0.2, -0.15) is 0 Å². The second-order valence-electron chi connectivity index (χ2n) is 6.50. The number of rotatable bonds is 2. The van der Waals surface area contributed by atoms with E-state index in [4.69, 9.17) is 10.2 Å². The van der Waals surface area contributed by atoms with Gasteiger partial charge in [0.1, 0.15) is 11.3 Å². The maximum absolute atomic E-state index is 6.48. The molecule has 0 fully saturated rings. The summed E-state index contributed by atoms with van der Waals surface area (Å²) in [6.45, 7) is 6.62. The van der Waals surface area contributed by atoms with Crippen LogP contribution >= 0.6 is 0 Å². The highest BCUT2D eigenvalue weighted by Gasteiger charge is 2.23. The number of hydrogen-bond acceptors (Lipinski definition) is 2. The van der Waals surface area contributed by atoms with Crippen LogP contribution in [-0.4, -0.2) is 0 Å². The lowest BCUT2D eigenvalue weighted by molar-refractivity contribution is 0.514. The predicted octanol–water partition coefficient (Wildman–Crippen LogP) is 4.78. The van der Waals surface area contributed by atoms with Gasteiger partial charge < -0.3 is 10.2 Å². The topological polar surface area (TPSA) is 39.2 Å². The SMILES string of the molecule is CC(C)(C)c1ccccc1C(N)c1cc2ccccc2o1. The summed E-state index contributed by atoms with van der Waals surface area (Å²) < 4.78 is 5.93. The summed E-state index contributed by atoms with van der Waals surface area (Å²) in [5, 5.41) is 1.09. The third-order valence-electron chi connectivity index (χ3n) is 3.85. The monoisotopic (exact) mass is 279 g/mol. The summed E-state index contributed by atoms with van der Waals surface area (Å²) in [5.74, 6) is 0.813. The second-order valence-corrected chi connectivity index (χ2v) is 6.50. The number of hydrogen-bond donors (Lipinski definition) is 1. The summed E-state index contributed by atoms with van der Waals surface area (Å²) in [4.78, 5) is 0. The highest BCUT2D eigenvalue weighted by atomic mass is 16.3. The molecule has 0 spiro atoms. The molecular formula is C19H21NO. The largest absolute Gasteiger partial charge is 0.459 e. The summed E-state index contributed by atoms with van der Waals surface area (Å²) in [6.07, 6.45) is 0. The van der Waals surface area contributed by atoms with Crippen LogP contribution in [-0.2, 0) is 5.41 Å². The first-order valence-electron chi connectivity index (χ1n) is 7.30. The van der Waals surface area contributed by atoms with Gasteiger partial charge in [0.2, 0.25) is 0 Å². The Morgan fingerprint density at radius 2 is 1.62 bits per heavy atom. The van der Waals surface area contributed by atoms with E-state index >= 15 is 0 Å². The number of para-hydroxylation sites is 1. The highest BCUT2D eigenvalue weighted by Crippen LogP contribution is 2.33. The van der Waals surface area contributed by atoms with Crippen molar-refractivity contribution in [3.63, 3.8) is 0 Å². The van der Waals surface area contributed by atoms with E-state index < -0.39 is 0 Å². The third-order valence-corrected chi connectivity index (χ3v) is 3.85. The van der Waals surface area contributed by atoms with Gasteiger partial charge in [0.25, 0.3) is 0 Å². The van der Waals surface area contributed by atoms with Crippen molar-refractivity contribution in [1.29, 1.82) is 0 Å².